The highest BCUT2D eigenvalue weighted by Crippen LogP contribution is 2.42. The minimum Gasteiger partial charge on any atom is -0.436 e. The van der Waals surface area contributed by atoms with Crippen molar-refractivity contribution in [2.45, 2.75) is 0 Å². The average Bonchev–Trinajstić information content (AvgIpc) is 3.65. The molecule has 5 nitrogen and oxygen atoms in total. The molecule has 0 atom stereocenters. The number of nitrogens with zero attached hydrogens (tertiary/aromatic N) is 4. The molecule has 0 saturated heterocycles. The van der Waals surface area contributed by atoms with Gasteiger partial charge in [-0.05, 0) is 18.2 Å². The molecule has 0 aliphatic rings. The smallest absolute Gasteiger partial charge is 0.246 e. The Morgan fingerprint density at radius 3 is 1.68 bits per heavy atom. The number of fused-ring (bicyclic) bond motifs is 6. The molecule has 206 valence electrons. The first-order chi connectivity index (χ1) is 21.8. The lowest BCUT2D eigenvalue weighted by Crippen LogP contribution is -1.99. The Labute approximate surface area is 256 Å². The summed E-state index contributed by atoms with van der Waals surface area (Å²) in [4.78, 5) is 22.0. The average molecular weight is 583 g/mol. The second kappa shape index (κ2) is 9.93. The molecule has 9 aromatic rings. The van der Waals surface area contributed by atoms with Gasteiger partial charge in [0.2, 0.25) is 5.71 Å². The minimum absolute atomic E-state index is 0.516. The molecule has 0 saturated carbocycles. The van der Waals surface area contributed by atoms with E-state index in [-0.39, 0.29) is 0 Å². The van der Waals surface area contributed by atoms with E-state index in [0.717, 1.165) is 77.2 Å². The molecule has 0 aliphatic heterocycles. The molecule has 0 bridgehead atoms. The molecule has 44 heavy (non-hydrogen) atoms. The van der Waals surface area contributed by atoms with E-state index in [0.29, 0.717) is 5.71 Å². The zero-order valence-electron chi connectivity index (χ0n) is 23.3. The van der Waals surface area contributed by atoms with Crippen molar-refractivity contribution in [3.63, 3.8) is 0 Å². The van der Waals surface area contributed by atoms with Crippen LogP contribution in [-0.4, -0.2) is 19.9 Å². The van der Waals surface area contributed by atoms with Crippen molar-refractivity contribution in [2.75, 3.05) is 0 Å². The number of para-hydroxylation sites is 1. The van der Waals surface area contributed by atoms with Crippen molar-refractivity contribution in [3.8, 4) is 45.0 Å². The lowest BCUT2D eigenvalue weighted by Gasteiger charge is -2.15. The third kappa shape index (κ3) is 3.92. The highest BCUT2D eigenvalue weighted by molar-refractivity contribution is 7.25. The van der Waals surface area contributed by atoms with Gasteiger partial charge in [-0.1, -0.05) is 115 Å². The van der Waals surface area contributed by atoms with Gasteiger partial charge < -0.3 is 4.42 Å². The summed E-state index contributed by atoms with van der Waals surface area (Å²) in [5.74, 6) is 0. The number of hydrogen-bond donors (Lipinski definition) is 0. The molecule has 0 aliphatic carbocycles. The van der Waals surface area contributed by atoms with Crippen LogP contribution in [0.3, 0.4) is 0 Å². The maximum Gasteiger partial charge on any atom is 0.246 e. The van der Waals surface area contributed by atoms with Gasteiger partial charge in [-0.3, -0.25) is 0 Å². The van der Waals surface area contributed by atoms with Gasteiger partial charge in [-0.2, -0.15) is 0 Å². The van der Waals surface area contributed by atoms with E-state index in [4.69, 9.17) is 24.4 Å². The highest BCUT2D eigenvalue weighted by atomic mass is 32.1. The van der Waals surface area contributed by atoms with Gasteiger partial charge in [-0.15, -0.1) is 11.3 Å². The SMILES string of the molecule is c1ccc(-c2nc3oc4ccccc4c3nc2-c2ccccc2-c2nc3c(nc2-c2ccccc2)sc2ccccc23)cc1. The summed E-state index contributed by atoms with van der Waals surface area (Å²) in [6, 6.07) is 45.1. The first-order valence-electron chi connectivity index (χ1n) is 14.4. The molecule has 0 radical (unpaired) electrons. The van der Waals surface area contributed by atoms with Gasteiger partial charge >= 0.3 is 0 Å². The van der Waals surface area contributed by atoms with E-state index >= 15 is 0 Å². The first kappa shape index (κ1) is 24.8. The van der Waals surface area contributed by atoms with Gasteiger partial charge in [0.15, 0.2) is 0 Å². The summed E-state index contributed by atoms with van der Waals surface area (Å²) >= 11 is 1.67. The number of thiophene rings is 1. The molecule has 9 rings (SSSR count). The van der Waals surface area contributed by atoms with Crippen molar-refractivity contribution < 1.29 is 4.42 Å². The molecule has 0 unspecified atom stereocenters. The van der Waals surface area contributed by atoms with E-state index in [1.165, 1.54) is 4.70 Å². The van der Waals surface area contributed by atoms with Crippen LogP contribution < -0.4 is 0 Å². The Morgan fingerprint density at radius 1 is 0.432 bits per heavy atom. The summed E-state index contributed by atoms with van der Waals surface area (Å²) < 4.78 is 7.35. The Hall–Kier alpha value is -5.72. The Kier molecular flexibility index (Phi) is 5.61. The Balaban J connectivity index is 1.38. The van der Waals surface area contributed by atoms with Crippen molar-refractivity contribution >= 4 is 54.0 Å². The van der Waals surface area contributed by atoms with Gasteiger partial charge in [0, 0.05) is 37.7 Å². The minimum atomic E-state index is 0.516. The number of hydrogen-bond acceptors (Lipinski definition) is 6. The van der Waals surface area contributed by atoms with Crippen molar-refractivity contribution in [1.82, 2.24) is 19.9 Å². The maximum absolute atomic E-state index is 6.18. The highest BCUT2D eigenvalue weighted by Gasteiger charge is 2.23. The molecule has 0 N–H and O–H groups in total. The topological polar surface area (TPSA) is 64.7 Å². The first-order valence-corrected chi connectivity index (χ1v) is 15.2. The molecule has 4 heterocycles. The Bertz CT molecular complexity index is 2330. The van der Waals surface area contributed by atoms with E-state index in [9.17, 15) is 0 Å². The van der Waals surface area contributed by atoms with Gasteiger partial charge in [-0.25, -0.2) is 19.9 Å². The van der Waals surface area contributed by atoms with Crippen LogP contribution in [-0.2, 0) is 0 Å². The predicted molar refractivity (Wildman–Crippen MR) is 180 cm³/mol. The summed E-state index contributed by atoms with van der Waals surface area (Å²) in [6.07, 6.45) is 0. The number of aromatic nitrogens is 4. The normalized spacial score (nSPS) is 11.6. The lowest BCUT2D eigenvalue weighted by molar-refractivity contribution is 0.653. The second-order valence-corrected chi connectivity index (χ2v) is 11.7. The van der Waals surface area contributed by atoms with Crippen LogP contribution in [0.1, 0.15) is 0 Å². The monoisotopic (exact) mass is 582 g/mol. The van der Waals surface area contributed by atoms with Crippen molar-refractivity contribution in [1.29, 1.82) is 0 Å². The quantitative estimate of drug-likeness (QED) is 0.207. The standard InChI is InChI=1S/C38H22N4OS/c1-3-13-23(14-4-1)31-33(39-35-27-19-9-11-21-29(27)43-37(35)41-31)25-17-7-8-18-26(25)34-32(24-15-5-2-6-16-24)42-38-36(40-34)28-20-10-12-22-30(28)44-38/h1-22H. The third-order valence-electron chi connectivity index (χ3n) is 7.96. The van der Waals surface area contributed by atoms with Crippen LogP contribution >= 0.6 is 11.3 Å². The van der Waals surface area contributed by atoms with Gasteiger partial charge in [0.05, 0.1) is 17.1 Å². The van der Waals surface area contributed by atoms with Crippen molar-refractivity contribution in [2.24, 2.45) is 0 Å². The number of benzene rings is 5. The summed E-state index contributed by atoms with van der Waals surface area (Å²) in [5.41, 5.74) is 9.91. The lowest BCUT2D eigenvalue weighted by atomic mass is 9.95. The van der Waals surface area contributed by atoms with Crippen LogP contribution in [0.2, 0.25) is 0 Å². The zero-order valence-corrected chi connectivity index (χ0v) is 24.1. The van der Waals surface area contributed by atoms with E-state index < -0.39 is 0 Å². The van der Waals surface area contributed by atoms with E-state index in [1.807, 2.05) is 72.8 Å². The fourth-order valence-corrected chi connectivity index (χ4v) is 6.93. The molecule has 0 amide bonds. The molecule has 5 aromatic carbocycles. The fraction of sp³-hybridized carbons (Fsp3) is 0. The van der Waals surface area contributed by atoms with Crippen LogP contribution in [0, 0.1) is 0 Å². The van der Waals surface area contributed by atoms with E-state index in [2.05, 4.69) is 60.7 Å². The summed E-state index contributed by atoms with van der Waals surface area (Å²) in [5, 5.41) is 2.04. The van der Waals surface area contributed by atoms with Gasteiger partial charge in [0.1, 0.15) is 27.1 Å². The van der Waals surface area contributed by atoms with Crippen LogP contribution in [0.4, 0.5) is 0 Å². The molecular weight excluding hydrogens is 561 g/mol. The van der Waals surface area contributed by atoms with Crippen LogP contribution in [0.5, 0.6) is 0 Å². The fourth-order valence-electron chi connectivity index (χ4n) is 5.91. The van der Waals surface area contributed by atoms with E-state index in [1.54, 1.807) is 11.3 Å². The molecular formula is C38H22N4OS. The Morgan fingerprint density at radius 2 is 0.977 bits per heavy atom. The molecule has 0 fully saturated rings. The number of furan rings is 1. The number of rotatable bonds is 4. The summed E-state index contributed by atoms with van der Waals surface area (Å²) in [7, 11) is 0. The van der Waals surface area contributed by atoms with Crippen molar-refractivity contribution in [3.05, 3.63) is 133 Å². The van der Waals surface area contributed by atoms with Gasteiger partial charge in [0.25, 0.3) is 0 Å². The third-order valence-corrected chi connectivity index (χ3v) is 9.01. The molecule has 4 aromatic heterocycles. The largest absolute Gasteiger partial charge is 0.436 e. The van der Waals surface area contributed by atoms with Crippen LogP contribution in [0.25, 0.3) is 87.7 Å². The second-order valence-electron chi connectivity index (χ2n) is 10.6. The maximum atomic E-state index is 6.18. The predicted octanol–water partition coefficient (Wildman–Crippen LogP) is 10.2. The zero-order chi connectivity index (χ0) is 29.0. The molecule has 0 spiro atoms. The molecule has 6 heteroatoms. The summed E-state index contributed by atoms with van der Waals surface area (Å²) in [6.45, 7) is 0. The van der Waals surface area contributed by atoms with Crippen LogP contribution in [0.15, 0.2) is 138 Å².